The first-order valence-electron chi connectivity index (χ1n) is 6.93. The van der Waals surface area contributed by atoms with Crippen molar-refractivity contribution in [2.75, 3.05) is 0 Å². The highest BCUT2D eigenvalue weighted by molar-refractivity contribution is 9.10. The third-order valence-corrected chi connectivity index (χ3v) is 4.27. The normalized spacial score (nSPS) is 11.7. The van der Waals surface area contributed by atoms with Gasteiger partial charge in [-0.15, -0.1) is 5.10 Å². The fourth-order valence-electron chi connectivity index (χ4n) is 2.27. The Kier molecular flexibility index (Phi) is 4.60. The number of hydrogen-bond acceptors (Lipinski definition) is 2. The van der Waals surface area contributed by atoms with Gasteiger partial charge >= 0.3 is 6.18 Å². The van der Waals surface area contributed by atoms with Crippen LogP contribution in [0.5, 0.6) is 0 Å². The molecule has 0 aliphatic heterocycles. The van der Waals surface area contributed by atoms with E-state index in [1.807, 2.05) is 30.3 Å². The van der Waals surface area contributed by atoms with Crippen LogP contribution in [0.4, 0.5) is 13.2 Å². The smallest absolute Gasteiger partial charge is 0.264 e. The van der Waals surface area contributed by atoms with Gasteiger partial charge in [-0.2, -0.15) is 13.2 Å². The van der Waals surface area contributed by atoms with Crippen molar-refractivity contribution in [3.63, 3.8) is 0 Å². The minimum absolute atomic E-state index is 0.00602. The van der Waals surface area contributed by atoms with E-state index in [1.54, 1.807) is 24.3 Å². The first-order chi connectivity index (χ1) is 11.4. The maximum Gasteiger partial charge on any atom is 0.452 e. The van der Waals surface area contributed by atoms with Crippen LogP contribution in [-0.2, 0) is 12.7 Å². The summed E-state index contributed by atoms with van der Waals surface area (Å²) in [4.78, 5) is 0. The molecule has 0 bridgehead atoms. The zero-order valence-electron chi connectivity index (χ0n) is 12.2. The summed E-state index contributed by atoms with van der Waals surface area (Å²) in [6.45, 7) is 0.173. The molecule has 0 spiro atoms. The Morgan fingerprint density at radius 1 is 1.00 bits per heavy atom. The van der Waals surface area contributed by atoms with Gasteiger partial charge in [-0.1, -0.05) is 46.3 Å². The monoisotopic (exact) mass is 413 g/mol. The summed E-state index contributed by atoms with van der Waals surface area (Å²) in [6, 6.07) is 15.5. The fraction of sp³-hybridized carbons (Fsp3) is 0.125. The summed E-state index contributed by atoms with van der Waals surface area (Å²) in [5.74, 6) is -1.04. The Morgan fingerprint density at radius 2 is 1.62 bits per heavy atom. The molecule has 1 aromatic heterocycles. The van der Waals surface area contributed by atoms with Crippen molar-refractivity contribution in [3.8, 4) is 5.69 Å². The van der Waals surface area contributed by atoms with E-state index in [1.165, 1.54) is 4.68 Å². The number of nitrogens with zero attached hydrogens (tertiary/aromatic N) is 3. The SMILES string of the molecule is FC(F)(F)c1nn(Cc2ccccc2)c(=S)n1-c1ccc(Br)cc1. The number of benzene rings is 2. The minimum atomic E-state index is -4.61. The van der Waals surface area contributed by atoms with Gasteiger partial charge in [-0.05, 0) is 42.0 Å². The van der Waals surface area contributed by atoms with Crippen LogP contribution in [0.1, 0.15) is 11.4 Å². The zero-order chi connectivity index (χ0) is 17.3. The van der Waals surface area contributed by atoms with E-state index in [0.29, 0.717) is 5.69 Å². The first kappa shape index (κ1) is 16.9. The van der Waals surface area contributed by atoms with Gasteiger partial charge in [0, 0.05) is 4.47 Å². The first-order valence-corrected chi connectivity index (χ1v) is 8.13. The second-order valence-electron chi connectivity index (χ2n) is 5.06. The Balaban J connectivity index is 2.13. The summed E-state index contributed by atoms with van der Waals surface area (Å²) >= 11 is 8.51. The van der Waals surface area contributed by atoms with Crippen LogP contribution >= 0.6 is 28.1 Å². The van der Waals surface area contributed by atoms with Gasteiger partial charge in [-0.3, -0.25) is 4.57 Å². The Morgan fingerprint density at radius 3 is 2.21 bits per heavy atom. The Bertz CT molecular complexity index is 899. The van der Waals surface area contributed by atoms with E-state index in [4.69, 9.17) is 12.2 Å². The average Bonchev–Trinajstić information content (AvgIpc) is 2.86. The lowest BCUT2D eigenvalue weighted by Gasteiger charge is -2.09. The molecule has 3 rings (SSSR count). The molecular formula is C16H11BrF3N3S. The quantitative estimate of drug-likeness (QED) is 0.548. The van der Waals surface area contributed by atoms with Gasteiger partial charge in [-0.25, -0.2) is 4.68 Å². The van der Waals surface area contributed by atoms with Crippen LogP contribution in [-0.4, -0.2) is 14.3 Å². The molecular weight excluding hydrogens is 403 g/mol. The molecule has 8 heteroatoms. The van der Waals surface area contributed by atoms with E-state index < -0.39 is 12.0 Å². The number of rotatable bonds is 3. The molecule has 0 atom stereocenters. The molecule has 1 heterocycles. The molecule has 0 saturated carbocycles. The maximum atomic E-state index is 13.4. The standard InChI is InChI=1S/C16H11BrF3N3S/c17-12-6-8-13(9-7-12)23-14(16(18,19)20)21-22(15(23)24)10-11-4-2-1-3-5-11/h1-9H,10H2. The third-order valence-electron chi connectivity index (χ3n) is 3.35. The van der Waals surface area contributed by atoms with E-state index in [9.17, 15) is 13.2 Å². The molecule has 124 valence electrons. The molecule has 2 aromatic carbocycles. The molecule has 0 unspecified atom stereocenters. The van der Waals surface area contributed by atoms with Gasteiger partial charge < -0.3 is 0 Å². The predicted molar refractivity (Wildman–Crippen MR) is 90.6 cm³/mol. The lowest BCUT2D eigenvalue weighted by Crippen LogP contribution is -2.14. The molecule has 24 heavy (non-hydrogen) atoms. The molecule has 3 aromatic rings. The minimum Gasteiger partial charge on any atom is -0.264 e. The van der Waals surface area contributed by atoms with E-state index in [-0.39, 0.29) is 11.3 Å². The van der Waals surface area contributed by atoms with Gasteiger partial charge in [0.2, 0.25) is 10.6 Å². The Hall–Kier alpha value is -1.93. The highest BCUT2D eigenvalue weighted by atomic mass is 79.9. The summed E-state index contributed by atoms with van der Waals surface area (Å²) in [6.07, 6.45) is -4.61. The lowest BCUT2D eigenvalue weighted by molar-refractivity contribution is -0.146. The van der Waals surface area contributed by atoms with E-state index in [0.717, 1.165) is 14.6 Å². The van der Waals surface area contributed by atoms with Crippen LogP contribution in [0.25, 0.3) is 5.69 Å². The van der Waals surface area contributed by atoms with Crippen molar-refractivity contribution in [1.82, 2.24) is 14.3 Å². The number of halogens is 4. The van der Waals surface area contributed by atoms with Gasteiger partial charge in [0.15, 0.2) is 0 Å². The van der Waals surface area contributed by atoms with Gasteiger partial charge in [0.1, 0.15) is 0 Å². The predicted octanol–water partition coefficient (Wildman–Crippen LogP) is 5.23. The molecule has 0 fully saturated rings. The fourth-order valence-corrected chi connectivity index (χ4v) is 2.84. The van der Waals surface area contributed by atoms with Crippen molar-refractivity contribution < 1.29 is 13.2 Å². The highest BCUT2D eigenvalue weighted by Crippen LogP contribution is 2.30. The van der Waals surface area contributed by atoms with E-state index >= 15 is 0 Å². The molecule has 0 aliphatic rings. The van der Waals surface area contributed by atoms with Crippen LogP contribution in [0, 0.1) is 4.77 Å². The second-order valence-corrected chi connectivity index (χ2v) is 6.34. The third kappa shape index (κ3) is 3.44. The van der Waals surface area contributed by atoms with Crippen molar-refractivity contribution in [3.05, 3.63) is 75.2 Å². The van der Waals surface area contributed by atoms with Crippen molar-refractivity contribution in [2.24, 2.45) is 0 Å². The molecule has 3 nitrogen and oxygen atoms in total. The highest BCUT2D eigenvalue weighted by Gasteiger charge is 2.38. The summed E-state index contributed by atoms with van der Waals surface area (Å²) in [5.41, 5.74) is 1.14. The van der Waals surface area contributed by atoms with Gasteiger partial charge in [0.05, 0.1) is 12.2 Å². The maximum absolute atomic E-state index is 13.4. The molecule has 0 aliphatic carbocycles. The number of hydrogen-bond donors (Lipinski definition) is 0. The topological polar surface area (TPSA) is 22.8 Å². The van der Waals surface area contributed by atoms with Crippen molar-refractivity contribution >= 4 is 28.1 Å². The second kappa shape index (κ2) is 6.52. The lowest BCUT2D eigenvalue weighted by atomic mass is 10.2. The summed E-state index contributed by atoms with van der Waals surface area (Å²) in [7, 11) is 0. The van der Waals surface area contributed by atoms with Crippen molar-refractivity contribution in [1.29, 1.82) is 0 Å². The van der Waals surface area contributed by atoms with Gasteiger partial charge in [0.25, 0.3) is 0 Å². The number of aromatic nitrogens is 3. The van der Waals surface area contributed by atoms with Crippen molar-refractivity contribution in [2.45, 2.75) is 12.7 Å². The summed E-state index contributed by atoms with van der Waals surface area (Å²) < 4.78 is 43.1. The Labute approximate surface area is 149 Å². The largest absolute Gasteiger partial charge is 0.452 e. The zero-order valence-corrected chi connectivity index (χ0v) is 14.6. The van der Waals surface area contributed by atoms with Crippen LogP contribution in [0.2, 0.25) is 0 Å². The van der Waals surface area contributed by atoms with Crippen LogP contribution in [0.3, 0.4) is 0 Å². The van der Waals surface area contributed by atoms with Crippen LogP contribution < -0.4 is 0 Å². The molecule has 0 radical (unpaired) electrons. The average molecular weight is 414 g/mol. The number of alkyl halides is 3. The molecule has 0 N–H and O–H groups in total. The molecule has 0 saturated heterocycles. The van der Waals surface area contributed by atoms with E-state index in [2.05, 4.69) is 21.0 Å². The summed E-state index contributed by atoms with van der Waals surface area (Å²) in [5, 5.41) is 3.71. The molecule has 0 amide bonds. The van der Waals surface area contributed by atoms with Crippen LogP contribution in [0.15, 0.2) is 59.1 Å².